The minimum Gasteiger partial charge on any atom is -0.348 e. The van der Waals surface area contributed by atoms with E-state index in [1.54, 1.807) is 11.0 Å². The van der Waals surface area contributed by atoms with Crippen molar-refractivity contribution in [3.05, 3.63) is 63.8 Å². The summed E-state index contributed by atoms with van der Waals surface area (Å²) in [6.45, 7) is 0.943. The highest BCUT2D eigenvalue weighted by Gasteiger charge is 2.25. The summed E-state index contributed by atoms with van der Waals surface area (Å²) in [4.78, 5) is 37.1. The van der Waals surface area contributed by atoms with Crippen molar-refractivity contribution >= 4 is 11.8 Å². The van der Waals surface area contributed by atoms with Crippen molar-refractivity contribution < 1.29 is 14.0 Å². The Morgan fingerprint density at radius 1 is 1.20 bits per heavy atom. The average Bonchev–Trinajstić information content (AvgIpc) is 2.62. The second kappa shape index (κ2) is 7.25. The molecular weight excluding hydrogens is 327 g/mol. The van der Waals surface area contributed by atoms with Gasteiger partial charge in [0.05, 0.1) is 0 Å². The summed E-state index contributed by atoms with van der Waals surface area (Å²) in [5.74, 6) is -1.03. The molecule has 25 heavy (non-hydrogen) atoms. The first-order valence-electron chi connectivity index (χ1n) is 7.94. The number of benzene rings is 1. The third-order valence-corrected chi connectivity index (χ3v) is 4.10. The third kappa shape index (κ3) is 4.09. The maximum absolute atomic E-state index is 13.2. The van der Waals surface area contributed by atoms with Crippen molar-refractivity contribution in [2.24, 2.45) is 0 Å². The van der Waals surface area contributed by atoms with Crippen LogP contribution in [0.3, 0.4) is 0 Å². The first kappa shape index (κ1) is 16.8. The van der Waals surface area contributed by atoms with Gasteiger partial charge in [-0.2, -0.15) is 5.10 Å². The number of likely N-dealkylation sites (tertiary alicyclic amines) is 1. The molecule has 8 heteroatoms. The van der Waals surface area contributed by atoms with E-state index in [9.17, 15) is 18.8 Å². The van der Waals surface area contributed by atoms with E-state index in [0.717, 1.165) is 0 Å². The van der Waals surface area contributed by atoms with E-state index in [0.29, 0.717) is 31.5 Å². The Balaban J connectivity index is 1.55. The number of H-pyrrole nitrogens is 1. The second-order valence-corrected chi connectivity index (χ2v) is 5.86. The summed E-state index contributed by atoms with van der Waals surface area (Å²) in [6, 6.07) is 8.12. The van der Waals surface area contributed by atoms with Gasteiger partial charge in [0.1, 0.15) is 11.5 Å². The van der Waals surface area contributed by atoms with Crippen LogP contribution in [0.25, 0.3) is 0 Å². The molecule has 1 fully saturated rings. The Morgan fingerprint density at radius 3 is 2.60 bits per heavy atom. The fourth-order valence-electron chi connectivity index (χ4n) is 2.76. The lowest BCUT2D eigenvalue weighted by Crippen LogP contribution is -2.46. The number of carbonyl (C=O) groups excluding carboxylic acids is 2. The molecular formula is C17H17FN4O3. The molecule has 2 N–H and O–H groups in total. The largest absolute Gasteiger partial charge is 0.348 e. The van der Waals surface area contributed by atoms with E-state index in [1.807, 2.05) is 0 Å². The molecule has 2 amide bonds. The molecule has 2 heterocycles. The van der Waals surface area contributed by atoms with Crippen molar-refractivity contribution in [3.63, 3.8) is 0 Å². The van der Waals surface area contributed by atoms with Gasteiger partial charge in [-0.05, 0) is 37.1 Å². The summed E-state index contributed by atoms with van der Waals surface area (Å²) < 4.78 is 13.2. The molecule has 7 nitrogen and oxygen atoms in total. The van der Waals surface area contributed by atoms with Crippen molar-refractivity contribution in [3.8, 4) is 0 Å². The zero-order valence-electron chi connectivity index (χ0n) is 13.4. The van der Waals surface area contributed by atoms with Crippen LogP contribution in [0, 0.1) is 5.82 Å². The van der Waals surface area contributed by atoms with Crippen LogP contribution >= 0.6 is 0 Å². The Hall–Kier alpha value is -3.03. The number of aromatic nitrogens is 2. The molecule has 1 aliphatic heterocycles. The number of halogens is 1. The fourth-order valence-corrected chi connectivity index (χ4v) is 2.76. The van der Waals surface area contributed by atoms with Gasteiger partial charge in [-0.15, -0.1) is 0 Å². The molecule has 1 aliphatic rings. The monoisotopic (exact) mass is 344 g/mol. The van der Waals surface area contributed by atoms with Crippen molar-refractivity contribution in [2.75, 3.05) is 13.1 Å². The van der Waals surface area contributed by atoms with Gasteiger partial charge >= 0.3 is 0 Å². The van der Waals surface area contributed by atoms with E-state index < -0.39 is 5.82 Å². The van der Waals surface area contributed by atoms with E-state index in [2.05, 4.69) is 15.5 Å². The summed E-state index contributed by atoms with van der Waals surface area (Å²) in [6.07, 6.45) is 1.19. The van der Waals surface area contributed by atoms with Crippen LogP contribution in [0.2, 0.25) is 0 Å². The Kier molecular flexibility index (Phi) is 4.87. The summed E-state index contributed by atoms with van der Waals surface area (Å²) in [7, 11) is 0. The maximum atomic E-state index is 13.2. The first-order chi connectivity index (χ1) is 12.0. The lowest BCUT2D eigenvalue weighted by Gasteiger charge is -2.32. The van der Waals surface area contributed by atoms with Gasteiger partial charge in [0, 0.05) is 30.8 Å². The van der Waals surface area contributed by atoms with Crippen LogP contribution in [-0.4, -0.2) is 46.0 Å². The highest BCUT2D eigenvalue weighted by Crippen LogP contribution is 2.15. The minimum atomic E-state index is -0.443. The van der Waals surface area contributed by atoms with Crippen LogP contribution in [-0.2, 0) is 0 Å². The predicted molar refractivity (Wildman–Crippen MR) is 87.6 cm³/mol. The molecule has 1 aromatic heterocycles. The summed E-state index contributed by atoms with van der Waals surface area (Å²) in [5, 5.41) is 8.74. The topological polar surface area (TPSA) is 95.2 Å². The Bertz CT molecular complexity index is 823. The fraction of sp³-hybridized carbons (Fsp3) is 0.294. The number of nitrogens with one attached hydrogen (secondary N) is 2. The quantitative estimate of drug-likeness (QED) is 0.866. The molecule has 0 saturated carbocycles. The van der Waals surface area contributed by atoms with Gasteiger partial charge in [-0.25, -0.2) is 9.49 Å². The third-order valence-electron chi connectivity index (χ3n) is 4.10. The standard InChI is InChI=1S/C17H17FN4O3/c18-12-3-1-2-11(10-12)17(25)22-8-6-13(7-9-22)19-16(24)14-4-5-15(23)21-20-14/h1-5,10,13H,6-9H2,(H,19,24)(H,21,23). The van der Waals surface area contributed by atoms with E-state index in [1.165, 1.54) is 30.3 Å². The number of hydrogen-bond acceptors (Lipinski definition) is 4. The molecule has 2 aromatic rings. The van der Waals surface area contributed by atoms with Crippen molar-refractivity contribution in [2.45, 2.75) is 18.9 Å². The number of rotatable bonds is 3. The van der Waals surface area contributed by atoms with Crippen molar-refractivity contribution in [1.29, 1.82) is 0 Å². The number of nitrogens with zero attached hydrogens (tertiary/aromatic N) is 2. The van der Waals surface area contributed by atoms with Crippen LogP contribution in [0.1, 0.15) is 33.7 Å². The first-order valence-corrected chi connectivity index (χ1v) is 7.94. The zero-order valence-corrected chi connectivity index (χ0v) is 13.4. The van der Waals surface area contributed by atoms with Crippen LogP contribution < -0.4 is 10.9 Å². The number of hydrogen-bond donors (Lipinski definition) is 2. The Labute approximate surface area is 142 Å². The molecule has 1 aromatic carbocycles. The molecule has 0 radical (unpaired) electrons. The van der Waals surface area contributed by atoms with E-state index >= 15 is 0 Å². The van der Waals surface area contributed by atoms with Gasteiger partial charge in [0.25, 0.3) is 17.4 Å². The molecule has 1 saturated heterocycles. The maximum Gasteiger partial charge on any atom is 0.271 e. The van der Waals surface area contributed by atoms with E-state index in [4.69, 9.17) is 0 Å². The number of amides is 2. The Morgan fingerprint density at radius 2 is 1.96 bits per heavy atom. The predicted octanol–water partition coefficient (Wildman–Crippen LogP) is 0.944. The molecule has 130 valence electrons. The number of carbonyl (C=O) groups is 2. The second-order valence-electron chi connectivity index (χ2n) is 5.86. The zero-order chi connectivity index (χ0) is 17.8. The highest BCUT2D eigenvalue weighted by molar-refractivity contribution is 5.94. The highest BCUT2D eigenvalue weighted by atomic mass is 19.1. The SMILES string of the molecule is O=C(NC1CCN(C(=O)c2cccc(F)c2)CC1)c1ccc(=O)[nH]n1. The molecule has 0 unspecified atom stereocenters. The molecule has 0 bridgehead atoms. The smallest absolute Gasteiger partial charge is 0.271 e. The molecule has 0 aliphatic carbocycles. The van der Waals surface area contributed by atoms with Crippen molar-refractivity contribution in [1.82, 2.24) is 20.4 Å². The van der Waals surface area contributed by atoms with Crippen LogP contribution in [0.4, 0.5) is 4.39 Å². The number of piperidine rings is 1. The van der Waals surface area contributed by atoms with Gasteiger partial charge in [0.15, 0.2) is 0 Å². The van der Waals surface area contributed by atoms with Crippen LogP contribution in [0.5, 0.6) is 0 Å². The van der Waals surface area contributed by atoms with Gasteiger partial charge in [-0.3, -0.25) is 14.4 Å². The normalized spacial score (nSPS) is 15.0. The lowest BCUT2D eigenvalue weighted by atomic mass is 10.0. The summed E-state index contributed by atoms with van der Waals surface area (Å²) in [5.41, 5.74) is 0.0820. The summed E-state index contributed by atoms with van der Waals surface area (Å²) >= 11 is 0. The number of aromatic amines is 1. The lowest BCUT2D eigenvalue weighted by molar-refractivity contribution is 0.0697. The van der Waals surface area contributed by atoms with Gasteiger partial charge in [0.2, 0.25) is 0 Å². The minimum absolute atomic E-state index is 0.0854. The molecule has 0 spiro atoms. The average molecular weight is 344 g/mol. The molecule has 3 rings (SSSR count). The van der Waals surface area contributed by atoms with Gasteiger partial charge < -0.3 is 10.2 Å². The van der Waals surface area contributed by atoms with Gasteiger partial charge in [-0.1, -0.05) is 6.07 Å². The van der Waals surface area contributed by atoms with E-state index in [-0.39, 0.29) is 29.1 Å². The van der Waals surface area contributed by atoms with Crippen LogP contribution in [0.15, 0.2) is 41.2 Å². The molecule has 0 atom stereocenters.